The van der Waals surface area contributed by atoms with Crippen LogP contribution in [0, 0.1) is 0 Å². The average molecular weight is 235 g/mol. The first-order chi connectivity index (χ1) is 7.81. The molecule has 0 aliphatic heterocycles. The zero-order chi connectivity index (χ0) is 11.4. The Hall–Kier alpha value is -1.69. The molecule has 2 rings (SSSR count). The summed E-state index contributed by atoms with van der Waals surface area (Å²) >= 11 is 1.62. The molecule has 1 atom stereocenters. The Labute approximate surface area is 97.8 Å². The van der Waals surface area contributed by atoms with E-state index in [4.69, 9.17) is 5.73 Å². The number of nitrogen functional groups attached to an aromatic ring is 1. The third-order valence-electron chi connectivity index (χ3n) is 2.21. The van der Waals surface area contributed by atoms with Gasteiger partial charge in [-0.1, -0.05) is 6.92 Å². The fraction of sp³-hybridized carbons (Fsp3) is 0.300. The number of anilines is 2. The highest BCUT2D eigenvalue weighted by atomic mass is 32.1. The maximum absolute atomic E-state index is 5.77. The SMILES string of the molecule is CCC(Nc1ncncc1N)c1nccs1. The lowest BCUT2D eigenvalue weighted by atomic mass is 10.2. The zero-order valence-corrected chi connectivity index (χ0v) is 9.74. The number of nitrogens with zero attached hydrogens (tertiary/aromatic N) is 3. The summed E-state index contributed by atoms with van der Waals surface area (Å²) in [6.07, 6.45) is 5.79. The van der Waals surface area contributed by atoms with Crippen molar-refractivity contribution in [3.63, 3.8) is 0 Å². The molecule has 2 aromatic heterocycles. The Balaban J connectivity index is 2.17. The number of thiazole rings is 1. The van der Waals surface area contributed by atoms with Gasteiger partial charge >= 0.3 is 0 Å². The number of nitrogens with one attached hydrogen (secondary N) is 1. The van der Waals surface area contributed by atoms with E-state index in [2.05, 4.69) is 27.2 Å². The first-order valence-electron chi connectivity index (χ1n) is 5.02. The molecule has 0 saturated heterocycles. The molecular weight excluding hydrogens is 222 g/mol. The fourth-order valence-electron chi connectivity index (χ4n) is 1.37. The Morgan fingerprint density at radius 2 is 2.38 bits per heavy atom. The van der Waals surface area contributed by atoms with E-state index in [1.165, 1.54) is 6.33 Å². The minimum atomic E-state index is 0.150. The monoisotopic (exact) mass is 235 g/mol. The van der Waals surface area contributed by atoms with E-state index in [0.29, 0.717) is 11.5 Å². The molecule has 0 aromatic carbocycles. The van der Waals surface area contributed by atoms with Crippen LogP contribution in [0.1, 0.15) is 24.4 Å². The molecule has 1 unspecified atom stereocenters. The van der Waals surface area contributed by atoms with Crippen LogP contribution in [0.15, 0.2) is 24.1 Å². The fourth-order valence-corrected chi connectivity index (χ4v) is 2.14. The molecule has 0 fully saturated rings. The standard InChI is InChI=1S/C10H13N5S/c1-2-8(10-13-3-4-16-10)15-9-7(11)5-12-6-14-9/h3-6,8H,2,11H2,1H3,(H,12,14,15). The van der Waals surface area contributed by atoms with Crippen LogP contribution in [0.25, 0.3) is 0 Å². The van der Waals surface area contributed by atoms with Crippen LogP contribution in [0.5, 0.6) is 0 Å². The normalized spacial score (nSPS) is 12.3. The molecule has 5 nitrogen and oxygen atoms in total. The predicted molar refractivity (Wildman–Crippen MR) is 65.2 cm³/mol. The largest absolute Gasteiger partial charge is 0.394 e. The summed E-state index contributed by atoms with van der Waals surface area (Å²) in [7, 11) is 0. The van der Waals surface area contributed by atoms with E-state index < -0.39 is 0 Å². The molecule has 3 N–H and O–H groups in total. The maximum Gasteiger partial charge on any atom is 0.153 e. The van der Waals surface area contributed by atoms with Crippen molar-refractivity contribution in [2.45, 2.75) is 19.4 Å². The molecule has 0 aliphatic rings. The summed E-state index contributed by atoms with van der Waals surface area (Å²) in [6, 6.07) is 0.150. The lowest BCUT2D eigenvalue weighted by Gasteiger charge is -2.15. The summed E-state index contributed by atoms with van der Waals surface area (Å²) in [6.45, 7) is 2.09. The lowest BCUT2D eigenvalue weighted by molar-refractivity contribution is 0.737. The van der Waals surface area contributed by atoms with Gasteiger partial charge in [0.05, 0.1) is 17.9 Å². The van der Waals surface area contributed by atoms with Crippen LogP contribution in [-0.4, -0.2) is 15.0 Å². The third kappa shape index (κ3) is 2.27. The number of nitrogens with two attached hydrogens (primary N) is 1. The maximum atomic E-state index is 5.77. The minimum absolute atomic E-state index is 0.150. The second-order valence-corrected chi connectivity index (χ2v) is 4.23. The number of aromatic nitrogens is 3. The van der Waals surface area contributed by atoms with Gasteiger partial charge in [-0.05, 0) is 6.42 Å². The topological polar surface area (TPSA) is 76.7 Å². The van der Waals surface area contributed by atoms with E-state index in [1.807, 2.05) is 5.38 Å². The first-order valence-corrected chi connectivity index (χ1v) is 5.90. The van der Waals surface area contributed by atoms with Crippen molar-refractivity contribution in [3.05, 3.63) is 29.1 Å². The van der Waals surface area contributed by atoms with Gasteiger partial charge in [-0.3, -0.25) is 0 Å². The van der Waals surface area contributed by atoms with Gasteiger partial charge in [0.25, 0.3) is 0 Å². The number of hydrogen-bond donors (Lipinski definition) is 2. The van der Waals surface area contributed by atoms with E-state index in [9.17, 15) is 0 Å². The van der Waals surface area contributed by atoms with Gasteiger partial charge in [0.1, 0.15) is 11.3 Å². The highest BCUT2D eigenvalue weighted by molar-refractivity contribution is 7.09. The Kier molecular flexibility index (Phi) is 3.31. The van der Waals surface area contributed by atoms with Crippen molar-refractivity contribution in [2.75, 3.05) is 11.1 Å². The minimum Gasteiger partial charge on any atom is -0.394 e. The summed E-state index contributed by atoms with van der Waals surface area (Å²) in [5.74, 6) is 0.664. The summed E-state index contributed by atoms with van der Waals surface area (Å²) < 4.78 is 0. The van der Waals surface area contributed by atoms with Crippen molar-refractivity contribution in [2.24, 2.45) is 0 Å². The summed E-state index contributed by atoms with van der Waals surface area (Å²) in [5.41, 5.74) is 6.33. The predicted octanol–water partition coefficient (Wildman–Crippen LogP) is 2.08. The molecule has 16 heavy (non-hydrogen) atoms. The molecule has 0 amide bonds. The van der Waals surface area contributed by atoms with Gasteiger partial charge in [0.15, 0.2) is 5.82 Å². The second-order valence-electron chi connectivity index (χ2n) is 3.30. The Bertz CT molecular complexity index is 442. The van der Waals surface area contributed by atoms with Crippen molar-refractivity contribution in [1.29, 1.82) is 0 Å². The molecule has 0 bridgehead atoms. The number of hydrogen-bond acceptors (Lipinski definition) is 6. The Morgan fingerprint density at radius 1 is 1.50 bits per heavy atom. The van der Waals surface area contributed by atoms with Crippen molar-refractivity contribution < 1.29 is 0 Å². The van der Waals surface area contributed by atoms with Gasteiger partial charge in [-0.15, -0.1) is 11.3 Å². The third-order valence-corrected chi connectivity index (χ3v) is 3.10. The highest BCUT2D eigenvalue weighted by Gasteiger charge is 2.13. The van der Waals surface area contributed by atoms with Crippen molar-refractivity contribution >= 4 is 22.8 Å². The summed E-state index contributed by atoms with van der Waals surface area (Å²) in [5, 5.41) is 6.27. The van der Waals surface area contributed by atoms with Gasteiger partial charge in [0.2, 0.25) is 0 Å². The van der Waals surface area contributed by atoms with Gasteiger partial charge in [-0.25, -0.2) is 15.0 Å². The smallest absolute Gasteiger partial charge is 0.153 e. The molecule has 0 spiro atoms. The molecule has 0 aliphatic carbocycles. The van der Waals surface area contributed by atoms with Crippen molar-refractivity contribution in [3.8, 4) is 0 Å². The van der Waals surface area contributed by atoms with Crippen LogP contribution in [-0.2, 0) is 0 Å². The lowest BCUT2D eigenvalue weighted by Crippen LogP contribution is -2.12. The molecular formula is C10H13N5S. The van der Waals surface area contributed by atoms with Crippen LogP contribution in [0.2, 0.25) is 0 Å². The van der Waals surface area contributed by atoms with E-state index >= 15 is 0 Å². The Morgan fingerprint density at radius 3 is 3.00 bits per heavy atom. The zero-order valence-electron chi connectivity index (χ0n) is 8.92. The van der Waals surface area contributed by atoms with E-state index in [1.54, 1.807) is 23.7 Å². The second kappa shape index (κ2) is 4.89. The van der Waals surface area contributed by atoms with Crippen LogP contribution in [0.4, 0.5) is 11.5 Å². The average Bonchev–Trinajstić information content (AvgIpc) is 2.81. The van der Waals surface area contributed by atoms with E-state index in [-0.39, 0.29) is 6.04 Å². The van der Waals surface area contributed by atoms with Gasteiger partial charge in [0, 0.05) is 11.6 Å². The first kappa shape index (κ1) is 10.8. The van der Waals surface area contributed by atoms with Crippen molar-refractivity contribution in [1.82, 2.24) is 15.0 Å². The molecule has 2 heterocycles. The molecule has 2 aromatic rings. The summed E-state index contributed by atoms with van der Waals surface area (Å²) in [4.78, 5) is 12.2. The molecule has 0 radical (unpaired) electrons. The van der Waals surface area contributed by atoms with Gasteiger partial charge < -0.3 is 11.1 Å². The number of rotatable bonds is 4. The van der Waals surface area contributed by atoms with Gasteiger partial charge in [-0.2, -0.15) is 0 Å². The highest BCUT2D eigenvalue weighted by Crippen LogP contribution is 2.25. The molecule has 6 heteroatoms. The quantitative estimate of drug-likeness (QED) is 0.848. The molecule has 84 valence electrons. The van der Waals surface area contributed by atoms with E-state index in [0.717, 1.165) is 11.4 Å². The molecule has 0 saturated carbocycles. The van der Waals surface area contributed by atoms with Crippen LogP contribution in [0.3, 0.4) is 0 Å². The van der Waals surface area contributed by atoms with Crippen LogP contribution < -0.4 is 11.1 Å². The van der Waals surface area contributed by atoms with Crippen LogP contribution >= 0.6 is 11.3 Å².